The zero-order valence-corrected chi connectivity index (χ0v) is 7.06. The van der Waals surface area contributed by atoms with Gasteiger partial charge in [0.25, 0.3) is 0 Å². The minimum atomic E-state index is -2.43. The van der Waals surface area contributed by atoms with Crippen molar-refractivity contribution in [3.8, 4) is 0 Å². The minimum Gasteiger partial charge on any atom is -0.748 e. The van der Waals surface area contributed by atoms with Gasteiger partial charge in [0.1, 0.15) is 11.4 Å². The lowest BCUT2D eigenvalue weighted by Crippen LogP contribution is -2.31. The van der Waals surface area contributed by atoms with Gasteiger partial charge in [0.15, 0.2) is 0 Å². The van der Waals surface area contributed by atoms with E-state index in [1.165, 1.54) is 6.42 Å². The summed E-state index contributed by atoms with van der Waals surface area (Å²) in [6, 6.07) is 0.224. The van der Waals surface area contributed by atoms with Gasteiger partial charge in [-0.3, -0.25) is 0 Å². The van der Waals surface area contributed by atoms with Crippen molar-refractivity contribution < 1.29 is 13.0 Å². The standard InChI is InChI=1S/C6H13NO3S/c8-11(9)10-7-6-4-2-1-3-5-6/h6-7H,1-5H2,(H,8,9)/p-1. The van der Waals surface area contributed by atoms with E-state index >= 15 is 0 Å². The molecule has 66 valence electrons. The van der Waals surface area contributed by atoms with Crippen LogP contribution in [0.4, 0.5) is 0 Å². The third kappa shape index (κ3) is 3.81. The lowest BCUT2D eigenvalue weighted by atomic mass is 9.96. The molecule has 1 saturated carbocycles. The summed E-state index contributed by atoms with van der Waals surface area (Å²) in [5, 5.41) is 0. The van der Waals surface area contributed by atoms with Crippen molar-refractivity contribution in [1.29, 1.82) is 0 Å². The number of rotatable bonds is 3. The molecule has 1 unspecified atom stereocenters. The highest BCUT2D eigenvalue weighted by molar-refractivity contribution is 7.74. The molecule has 0 bridgehead atoms. The summed E-state index contributed by atoms with van der Waals surface area (Å²) in [5.41, 5.74) is 2.51. The first kappa shape index (κ1) is 9.12. The summed E-state index contributed by atoms with van der Waals surface area (Å²) in [4.78, 5) is 0. The Morgan fingerprint density at radius 2 is 2.00 bits per heavy atom. The van der Waals surface area contributed by atoms with Crippen LogP contribution in [0.1, 0.15) is 32.1 Å². The summed E-state index contributed by atoms with van der Waals surface area (Å²) in [6.07, 6.45) is 5.59. The summed E-state index contributed by atoms with van der Waals surface area (Å²) in [5.74, 6) is 0. The second kappa shape index (κ2) is 4.82. The fraction of sp³-hybridized carbons (Fsp3) is 1.00. The van der Waals surface area contributed by atoms with Crippen molar-refractivity contribution >= 4 is 11.4 Å². The van der Waals surface area contributed by atoms with Crippen molar-refractivity contribution in [2.45, 2.75) is 38.1 Å². The van der Waals surface area contributed by atoms with Gasteiger partial charge in [-0.2, -0.15) is 5.48 Å². The molecular formula is C6H12NO3S-. The lowest BCUT2D eigenvalue weighted by molar-refractivity contribution is 0.135. The van der Waals surface area contributed by atoms with E-state index in [0.717, 1.165) is 25.7 Å². The Morgan fingerprint density at radius 3 is 2.55 bits per heavy atom. The Kier molecular flexibility index (Phi) is 3.99. The van der Waals surface area contributed by atoms with Crippen molar-refractivity contribution in [2.24, 2.45) is 0 Å². The largest absolute Gasteiger partial charge is 0.748 e. The third-order valence-corrected chi connectivity index (χ3v) is 2.12. The molecule has 1 N–H and O–H groups in total. The maximum Gasteiger partial charge on any atom is 0.105 e. The molecule has 1 atom stereocenters. The van der Waals surface area contributed by atoms with Crippen LogP contribution < -0.4 is 5.48 Å². The molecular weight excluding hydrogens is 166 g/mol. The molecule has 0 aromatic rings. The predicted octanol–water partition coefficient (Wildman–Crippen LogP) is 0.634. The number of hydrogen-bond acceptors (Lipinski definition) is 4. The van der Waals surface area contributed by atoms with Crippen molar-refractivity contribution in [2.75, 3.05) is 0 Å². The number of nitrogens with one attached hydrogen (secondary N) is 1. The summed E-state index contributed by atoms with van der Waals surface area (Å²) < 4.78 is 24.2. The molecule has 5 heteroatoms. The Labute approximate surface area is 68.8 Å². The Bertz CT molecular complexity index is 136. The minimum absolute atomic E-state index is 0.224. The molecule has 1 rings (SSSR count). The second-order valence-electron chi connectivity index (χ2n) is 2.74. The quantitative estimate of drug-likeness (QED) is 0.508. The molecule has 0 radical (unpaired) electrons. The third-order valence-electron chi connectivity index (χ3n) is 1.89. The van der Waals surface area contributed by atoms with Crippen molar-refractivity contribution in [1.82, 2.24) is 5.48 Å². The van der Waals surface area contributed by atoms with Gasteiger partial charge in [0, 0.05) is 6.04 Å². The topological polar surface area (TPSA) is 61.4 Å². The first-order valence-corrected chi connectivity index (χ1v) is 4.81. The van der Waals surface area contributed by atoms with Crippen LogP contribution in [0, 0.1) is 0 Å². The van der Waals surface area contributed by atoms with Crippen LogP contribution in [0.5, 0.6) is 0 Å². The average Bonchev–Trinajstić information content (AvgIpc) is 2.03. The molecule has 11 heavy (non-hydrogen) atoms. The van der Waals surface area contributed by atoms with Crippen LogP contribution in [0.15, 0.2) is 0 Å². The van der Waals surface area contributed by atoms with E-state index in [9.17, 15) is 8.76 Å². The summed E-state index contributed by atoms with van der Waals surface area (Å²) in [7, 11) is 0. The van der Waals surface area contributed by atoms with Gasteiger partial charge in [-0.15, -0.1) is 0 Å². The first-order chi connectivity index (χ1) is 5.29. The maximum absolute atomic E-state index is 9.96. The van der Waals surface area contributed by atoms with Gasteiger partial charge < -0.3 is 4.55 Å². The van der Waals surface area contributed by atoms with Gasteiger partial charge >= 0.3 is 0 Å². The Morgan fingerprint density at radius 1 is 1.36 bits per heavy atom. The van der Waals surface area contributed by atoms with Crippen LogP contribution in [-0.4, -0.2) is 14.8 Å². The van der Waals surface area contributed by atoms with E-state index in [2.05, 4.69) is 9.76 Å². The number of hydrogen-bond donors (Lipinski definition) is 1. The zero-order valence-electron chi connectivity index (χ0n) is 6.25. The smallest absolute Gasteiger partial charge is 0.105 e. The fourth-order valence-electron chi connectivity index (χ4n) is 1.33. The van der Waals surface area contributed by atoms with Crippen LogP contribution in [0.2, 0.25) is 0 Å². The predicted molar refractivity (Wildman–Crippen MR) is 40.0 cm³/mol. The van der Waals surface area contributed by atoms with E-state index in [1.807, 2.05) is 0 Å². The van der Waals surface area contributed by atoms with Crippen LogP contribution in [-0.2, 0) is 15.6 Å². The molecule has 0 saturated heterocycles. The summed E-state index contributed by atoms with van der Waals surface area (Å²) >= 11 is -2.43. The molecule has 1 aliphatic rings. The zero-order chi connectivity index (χ0) is 8.10. The van der Waals surface area contributed by atoms with Crippen LogP contribution in [0.3, 0.4) is 0 Å². The lowest BCUT2D eigenvalue weighted by Gasteiger charge is -2.22. The van der Waals surface area contributed by atoms with E-state index in [1.54, 1.807) is 0 Å². The molecule has 0 heterocycles. The molecule has 0 spiro atoms. The monoisotopic (exact) mass is 178 g/mol. The van der Waals surface area contributed by atoms with Crippen molar-refractivity contribution in [3.05, 3.63) is 0 Å². The molecule has 0 aliphatic heterocycles. The van der Waals surface area contributed by atoms with Gasteiger partial charge in [-0.1, -0.05) is 19.3 Å². The molecule has 0 amide bonds. The van der Waals surface area contributed by atoms with E-state index in [4.69, 9.17) is 0 Å². The molecule has 4 nitrogen and oxygen atoms in total. The van der Waals surface area contributed by atoms with Crippen molar-refractivity contribution in [3.63, 3.8) is 0 Å². The first-order valence-electron chi connectivity index (χ1n) is 3.81. The molecule has 1 fully saturated rings. The Balaban J connectivity index is 2.09. The molecule has 1 aliphatic carbocycles. The number of hydroxylamine groups is 1. The Hall–Kier alpha value is 0.0300. The van der Waals surface area contributed by atoms with Crippen LogP contribution in [0.25, 0.3) is 0 Å². The second-order valence-corrected chi connectivity index (χ2v) is 3.32. The highest BCUT2D eigenvalue weighted by Gasteiger charge is 2.12. The van der Waals surface area contributed by atoms with Gasteiger partial charge in [-0.25, -0.2) is 8.49 Å². The normalized spacial score (nSPS) is 23.4. The van der Waals surface area contributed by atoms with E-state index in [0.29, 0.717) is 0 Å². The maximum atomic E-state index is 9.96. The molecule has 0 aromatic carbocycles. The highest BCUT2D eigenvalue weighted by Crippen LogP contribution is 2.17. The van der Waals surface area contributed by atoms with Gasteiger partial charge in [0.2, 0.25) is 0 Å². The van der Waals surface area contributed by atoms with Crippen LogP contribution >= 0.6 is 0 Å². The van der Waals surface area contributed by atoms with E-state index in [-0.39, 0.29) is 6.04 Å². The SMILES string of the molecule is O=S([O-])ONC1CCCCC1. The molecule has 0 aromatic heterocycles. The van der Waals surface area contributed by atoms with Gasteiger partial charge in [-0.05, 0) is 12.8 Å². The fourth-order valence-corrected chi connectivity index (χ4v) is 1.54. The van der Waals surface area contributed by atoms with E-state index < -0.39 is 11.4 Å². The summed E-state index contributed by atoms with van der Waals surface area (Å²) in [6.45, 7) is 0. The highest BCUT2D eigenvalue weighted by atomic mass is 32.2. The van der Waals surface area contributed by atoms with Gasteiger partial charge in [0.05, 0.1) is 0 Å². The average molecular weight is 178 g/mol.